The zero-order chi connectivity index (χ0) is 24.0. The first-order chi connectivity index (χ1) is 16.9. The lowest BCUT2D eigenvalue weighted by Crippen LogP contribution is -2.48. The van der Waals surface area contributed by atoms with Crippen LogP contribution in [0.25, 0.3) is 11.3 Å². The summed E-state index contributed by atoms with van der Waals surface area (Å²) >= 11 is 0. The van der Waals surface area contributed by atoms with Gasteiger partial charge in [-0.05, 0) is 49.5 Å². The summed E-state index contributed by atoms with van der Waals surface area (Å²) in [6.07, 6.45) is 1.80. The van der Waals surface area contributed by atoms with Gasteiger partial charge in [-0.2, -0.15) is 13.2 Å². The first-order valence-electron chi connectivity index (χ1n) is 12.0. The third kappa shape index (κ3) is 3.99. The Morgan fingerprint density at radius 3 is 2.26 bits per heavy atom. The third-order valence-corrected chi connectivity index (χ3v) is 7.47. The number of alkyl halides is 3. The lowest BCUT2D eigenvalue weighted by molar-refractivity contribution is -0.141. The molecule has 1 aromatic carbocycles. The van der Waals surface area contributed by atoms with Crippen LogP contribution < -0.4 is 15.1 Å². The summed E-state index contributed by atoms with van der Waals surface area (Å²) in [5, 5.41) is 3.48. The highest BCUT2D eigenvalue weighted by molar-refractivity contribution is 5.72. The summed E-state index contributed by atoms with van der Waals surface area (Å²) in [5.74, 6) is 0.761. The molecule has 6 rings (SSSR count). The second-order valence-electron chi connectivity index (χ2n) is 9.51. The highest BCUT2D eigenvalue weighted by atomic mass is 19.4. The Morgan fingerprint density at radius 1 is 0.857 bits per heavy atom. The van der Waals surface area contributed by atoms with Crippen molar-refractivity contribution in [3.05, 3.63) is 59.5 Å². The summed E-state index contributed by atoms with van der Waals surface area (Å²) in [6.45, 7) is 4.18. The standard InChI is InChI=1S/C25H26F3N7/c26-25(27,28)20-5-8-30-22(32-20)34-11-13-35(14-12-34)23-31-16-17-15-24(6-9-29-10-7-24)19-4-2-1-3-18(19)21(17)33-23/h1-5,8,16,29H,6-7,9-15H2. The van der Waals surface area contributed by atoms with Crippen LogP contribution in [0.3, 0.4) is 0 Å². The quantitative estimate of drug-likeness (QED) is 0.601. The van der Waals surface area contributed by atoms with Crippen LogP contribution in [-0.2, 0) is 18.0 Å². The molecule has 10 heteroatoms. The number of piperidine rings is 1. The third-order valence-electron chi connectivity index (χ3n) is 7.47. The van der Waals surface area contributed by atoms with Crippen LogP contribution >= 0.6 is 0 Å². The van der Waals surface area contributed by atoms with Crippen molar-refractivity contribution in [1.82, 2.24) is 25.3 Å². The number of hydrogen-bond acceptors (Lipinski definition) is 7. The summed E-state index contributed by atoms with van der Waals surface area (Å²) in [4.78, 5) is 21.4. The van der Waals surface area contributed by atoms with Gasteiger partial charge in [0.05, 0.1) is 5.69 Å². The zero-order valence-corrected chi connectivity index (χ0v) is 19.2. The number of hydrogen-bond donors (Lipinski definition) is 1. The Morgan fingerprint density at radius 2 is 1.54 bits per heavy atom. The first-order valence-corrected chi connectivity index (χ1v) is 12.0. The Labute approximate surface area is 201 Å². The molecule has 0 atom stereocenters. The fourth-order valence-corrected chi connectivity index (χ4v) is 5.64. The molecule has 182 valence electrons. The van der Waals surface area contributed by atoms with Gasteiger partial charge in [-0.3, -0.25) is 0 Å². The second kappa shape index (κ2) is 8.44. The fourth-order valence-electron chi connectivity index (χ4n) is 5.64. The Bertz CT molecular complexity index is 1230. The molecular formula is C25H26F3N7. The molecule has 2 aliphatic heterocycles. The highest BCUT2D eigenvalue weighted by Gasteiger charge is 2.40. The number of nitrogens with one attached hydrogen (secondary N) is 1. The minimum absolute atomic E-state index is 0.104. The highest BCUT2D eigenvalue weighted by Crippen LogP contribution is 2.47. The number of aromatic nitrogens is 4. The van der Waals surface area contributed by atoms with Gasteiger partial charge in [0.1, 0.15) is 5.69 Å². The van der Waals surface area contributed by atoms with Crippen molar-refractivity contribution >= 4 is 11.9 Å². The number of fused-ring (bicyclic) bond motifs is 4. The lowest BCUT2D eigenvalue weighted by Gasteiger charge is -2.43. The van der Waals surface area contributed by atoms with E-state index in [1.165, 1.54) is 16.7 Å². The molecule has 0 bridgehead atoms. The smallest absolute Gasteiger partial charge is 0.337 e. The fraction of sp³-hybridized carbons (Fsp3) is 0.440. The van der Waals surface area contributed by atoms with Gasteiger partial charge in [0.2, 0.25) is 11.9 Å². The van der Waals surface area contributed by atoms with E-state index in [0.717, 1.165) is 50.3 Å². The summed E-state index contributed by atoms with van der Waals surface area (Å²) in [7, 11) is 0. The van der Waals surface area contributed by atoms with Gasteiger partial charge in [-0.1, -0.05) is 24.3 Å². The van der Waals surface area contributed by atoms with E-state index in [1.54, 1.807) is 4.90 Å². The molecule has 2 fully saturated rings. The minimum atomic E-state index is -4.49. The predicted molar refractivity (Wildman–Crippen MR) is 126 cm³/mol. The molecule has 7 nitrogen and oxygen atoms in total. The lowest BCUT2D eigenvalue weighted by atomic mass is 9.64. The van der Waals surface area contributed by atoms with Gasteiger partial charge in [-0.25, -0.2) is 19.9 Å². The van der Waals surface area contributed by atoms with E-state index < -0.39 is 11.9 Å². The molecule has 1 aliphatic carbocycles. The molecule has 0 unspecified atom stereocenters. The Kier molecular flexibility index (Phi) is 5.36. The van der Waals surface area contributed by atoms with Gasteiger partial charge in [0.25, 0.3) is 0 Å². The second-order valence-corrected chi connectivity index (χ2v) is 9.51. The Balaban J connectivity index is 1.23. The van der Waals surface area contributed by atoms with Crippen molar-refractivity contribution in [2.45, 2.75) is 30.9 Å². The van der Waals surface area contributed by atoms with Crippen LogP contribution in [0.2, 0.25) is 0 Å². The number of halogens is 3. The van der Waals surface area contributed by atoms with Gasteiger partial charge in [-0.15, -0.1) is 0 Å². The molecule has 1 N–H and O–H groups in total. The molecule has 3 aromatic rings. The van der Waals surface area contributed by atoms with E-state index in [0.29, 0.717) is 32.1 Å². The molecule has 0 amide bonds. The maximum absolute atomic E-state index is 13.0. The van der Waals surface area contributed by atoms with Crippen molar-refractivity contribution < 1.29 is 13.2 Å². The van der Waals surface area contributed by atoms with Crippen molar-refractivity contribution in [2.24, 2.45) is 0 Å². The molecule has 1 spiro atoms. The molecule has 2 saturated heterocycles. The van der Waals surface area contributed by atoms with Crippen LogP contribution in [0.1, 0.15) is 29.7 Å². The SMILES string of the molecule is FC(F)(F)c1ccnc(N2CCN(c3ncc4c(n3)-c3ccccc3C3(CCNCC3)C4)CC2)n1. The van der Waals surface area contributed by atoms with Crippen LogP contribution in [0.5, 0.6) is 0 Å². The number of anilines is 2. The molecule has 3 aliphatic rings. The van der Waals surface area contributed by atoms with E-state index in [9.17, 15) is 13.2 Å². The van der Waals surface area contributed by atoms with Gasteiger partial charge in [0.15, 0.2) is 0 Å². The molecule has 4 heterocycles. The molecule has 35 heavy (non-hydrogen) atoms. The van der Waals surface area contributed by atoms with Crippen LogP contribution in [0.15, 0.2) is 42.7 Å². The summed E-state index contributed by atoms with van der Waals surface area (Å²) in [5.41, 5.74) is 3.97. The number of nitrogens with zero attached hydrogens (tertiary/aromatic N) is 6. The van der Waals surface area contributed by atoms with Crippen molar-refractivity contribution in [3.8, 4) is 11.3 Å². The number of benzene rings is 1. The zero-order valence-electron chi connectivity index (χ0n) is 19.2. The number of rotatable bonds is 2. The summed E-state index contributed by atoms with van der Waals surface area (Å²) < 4.78 is 39.1. The monoisotopic (exact) mass is 481 g/mol. The van der Waals surface area contributed by atoms with Crippen LogP contribution in [0, 0.1) is 0 Å². The first kappa shape index (κ1) is 22.2. The average molecular weight is 482 g/mol. The predicted octanol–water partition coefficient (Wildman–Crippen LogP) is 3.46. The van der Waals surface area contributed by atoms with E-state index in [4.69, 9.17) is 9.97 Å². The van der Waals surface area contributed by atoms with Gasteiger partial charge in [0, 0.05) is 49.6 Å². The topological polar surface area (TPSA) is 70.1 Å². The van der Waals surface area contributed by atoms with Crippen LogP contribution in [0.4, 0.5) is 25.1 Å². The molecule has 2 aromatic heterocycles. The molecule has 0 radical (unpaired) electrons. The largest absolute Gasteiger partial charge is 0.433 e. The Hall–Kier alpha value is -3.27. The van der Waals surface area contributed by atoms with Crippen molar-refractivity contribution in [3.63, 3.8) is 0 Å². The minimum Gasteiger partial charge on any atom is -0.337 e. The van der Waals surface area contributed by atoms with E-state index >= 15 is 0 Å². The van der Waals surface area contributed by atoms with E-state index in [1.807, 2.05) is 6.20 Å². The van der Waals surface area contributed by atoms with Crippen molar-refractivity contribution in [2.75, 3.05) is 49.1 Å². The van der Waals surface area contributed by atoms with Gasteiger partial charge < -0.3 is 15.1 Å². The van der Waals surface area contributed by atoms with Crippen molar-refractivity contribution in [1.29, 1.82) is 0 Å². The molecular weight excluding hydrogens is 455 g/mol. The normalized spacial score (nSPS) is 19.4. The maximum Gasteiger partial charge on any atom is 0.433 e. The van der Waals surface area contributed by atoms with E-state index in [-0.39, 0.29) is 11.4 Å². The summed E-state index contributed by atoms with van der Waals surface area (Å²) in [6, 6.07) is 9.49. The maximum atomic E-state index is 13.0. The van der Waals surface area contributed by atoms with Gasteiger partial charge >= 0.3 is 6.18 Å². The average Bonchev–Trinajstić information content (AvgIpc) is 2.89. The number of piperazine rings is 1. The molecule has 0 saturated carbocycles. The van der Waals surface area contributed by atoms with E-state index in [2.05, 4.69) is 44.5 Å². The van der Waals surface area contributed by atoms with Crippen LogP contribution in [-0.4, -0.2) is 59.2 Å².